The van der Waals surface area contributed by atoms with Gasteiger partial charge in [-0.15, -0.1) is 10.2 Å². The number of hydrogen-bond acceptors (Lipinski definition) is 6. The fourth-order valence-electron chi connectivity index (χ4n) is 3.85. The largest absolute Gasteiger partial charge is 0.440 e. The van der Waals surface area contributed by atoms with Gasteiger partial charge in [0.1, 0.15) is 5.82 Å². The Morgan fingerprint density at radius 3 is 2.39 bits per heavy atom. The second-order valence-corrected chi connectivity index (χ2v) is 8.67. The van der Waals surface area contributed by atoms with Crippen LogP contribution >= 0.6 is 11.8 Å². The average molecular weight is 432 g/mol. The molecule has 0 spiro atoms. The molecule has 1 aliphatic rings. The average Bonchev–Trinajstić information content (AvgIpc) is 3.57. The Hall–Kier alpha value is -2.90. The van der Waals surface area contributed by atoms with Crippen LogP contribution < -0.4 is 0 Å². The van der Waals surface area contributed by atoms with E-state index in [2.05, 4.69) is 48.9 Å². The molecular weight excluding hydrogens is 406 g/mol. The lowest BCUT2D eigenvalue weighted by atomic mass is 10.2. The minimum Gasteiger partial charge on any atom is -0.440 e. The smallest absolute Gasteiger partial charge is 0.205 e. The number of nitrogens with zero attached hydrogens (tertiary/aromatic N) is 5. The summed E-state index contributed by atoms with van der Waals surface area (Å²) in [6.07, 6.45) is 4.32. The van der Waals surface area contributed by atoms with Crippen LogP contribution in [0.2, 0.25) is 0 Å². The molecule has 2 aromatic heterocycles. The summed E-state index contributed by atoms with van der Waals surface area (Å²) in [5.41, 5.74) is 2.28. The lowest BCUT2D eigenvalue weighted by Gasteiger charge is -2.16. The molecule has 158 valence electrons. The number of hydrogen-bond donors (Lipinski definition) is 0. The van der Waals surface area contributed by atoms with Gasteiger partial charge in [0.2, 0.25) is 5.89 Å². The van der Waals surface area contributed by atoms with E-state index >= 15 is 0 Å². The Morgan fingerprint density at radius 2 is 1.61 bits per heavy atom. The van der Waals surface area contributed by atoms with E-state index in [-0.39, 0.29) is 0 Å². The van der Waals surface area contributed by atoms with Crippen LogP contribution in [0.15, 0.2) is 76.4 Å². The van der Waals surface area contributed by atoms with Crippen molar-refractivity contribution in [1.29, 1.82) is 0 Å². The van der Waals surface area contributed by atoms with Crippen LogP contribution in [0.4, 0.5) is 0 Å². The molecule has 1 fully saturated rings. The van der Waals surface area contributed by atoms with Crippen molar-refractivity contribution in [3.8, 4) is 11.3 Å². The van der Waals surface area contributed by atoms with Crippen molar-refractivity contribution < 1.29 is 4.42 Å². The number of thioether (sulfide) groups is 1. The normalized spacial score (nSPS) is 14.3. The van der Waals surface area contributed by atoms with E-state index < -0.39 is 0 Å². The van der Waals surface area contributed by atoms with E-state index in [0.29, 0.717) is 11.6 Å². The molecule has 2 aromatic carbocycles. The molecule has 0 radical (unpaired) electrons. The highest BCUT2D eigenvalue weighted by atomic mass is 32.2. The highest BCUT2D eigenvalue weighted by molar-refractivity contribution is 7.98. The monoisotopic (exact) mass is 431 g/mol. The minimum atomic E-state index is 0.615. The van der Waals surface area contributed by atoms with Crippen LogP contribution in [-0.2, 0) is 18.8 Å². The standard InChI is InChI=1S/C24H25N5OS/c1-3-9-19(10-4-1)16-29-22(17-28-13-7-8-14-28)26-27-24(29)31-18-23-25-15-21(30-23)20-11-5-2-6-12-20/h1-6,9-12,15H,7-8,13-14,16-18H2. The predicted octanol–water partition coefficient (Wildman–Crippen LogP) is 4.87. The van der Waals surface area contributed by atoms with Gasteiger partial charge in [-0.3, -0.25) is 4.90 Å². The van der Waals surface area contributed by atoms with Crippen LogP contribution in [0.1, 0.15) is 30.1 Å². The van der Waals surface area contributed by atoms with Gasteiger partial charge in [-0.1, -0.05) is 72.4 Å². The maximum absolute atomic E-state index is 5.97. The highest BCUT2D eigenvalue weighted by Gasteiger charge is 2.19. The molecule has 0 amide bonds. The molecule has 1 aliphatic heterocycles. The fraction of sp³-hybridized carbons (Fsp3) is 0.292. The Morgan fingerprint density at radius 1 is 0.871 bits per heavy atom. The van der Waals surface area contributed by atoms with E-state index in [1.165, 1.54) is 18.4 Å². The molecule has 4 aromatic rings. The SMILES string of the molecule is c1ccc(Cn2c(CN3CCCC3)nnc2SCc2ncc(-c3ccccc3)o2)cc1. The summed E-state index contributed by atoms with van der Waals surface area (Å²) in [4.78, 5) is 6.92. The maximum Gasteiger partial charge on any atom is 0.205 e. The van der Waals surface area contributed by atoms with Gasteiger partial charge in [0, 0.05) is 5.56 Å². The first-order chi connectivity index (χ1) is 15.3. The van der Waals surface area contributed by atoms with E-state index in [0.717, 1.165) is 48.5 Å². The number of rotatable bonds is 8. The van der Waals surface area contributed by atoms with Crippen molar-refractivity contribution in [2.75, 3.05) is 13.1 Å². The van der Waals surface area contributed by atoms with E-state index in [4.69, 9.17) is 4.42 Å². The third-order valence-corrected chi connectivity index (χ3v) is 6.43. The van der Waals surface area contributed by atoms with Gasteiger partial charge in [-0.25, -0.2) is 4.98 Å². The first-order valence-electron chi connectivity index (χ1n) is 10.7. The van der Waals surface area contributed by atoms with Crippen molar-refractivity contribution in [2.24, 2.45) is 0 Å². The lowest BCUT2D eigenvalue weighted by molar-refractivity contribution is 0.316. The summed E-state index contributed by atoms with van der Waals surface area (Å²) in [6, 6.07) is 20.5. The van der Waals surface area contributed by atoms with E-state index in [1.54, 1.807) is 18.0 Å². The van der Waals surface area contributed by atoms with Gasteiger partial charge in [0.15, 0.2) is 10.9 Å². The molecule has 5 rings (SSSR count). The molecular formula is C24H25N5OS. The zero-order valence-corrected chi connectivity index (χ0v) is 18.2. The summed E-state index contributed by atoms with van der Waals surface area (Å²) in [7, 11) is 0. The van der Waals surface area contributed by atoms with Gasteiger partial charge in [-0.2, -0.15) is 0 Å². The zero-order valence-electron chi connectivity index (χ0n) is 17.4. The van der Waals surface area contributed by atoms with Crippen molar-refractivity contribution in [3.63, 3.8) is 0 Å². The van der Waals surface area contributed by atoms with Crippen molar-refractivity contribution in [2.45, 2.75) is 36.8 Å². The third-order valence-electron chi connectivity index (χ3n) is 5.48. The summed E-state index contributed by atoms with van der Waals surface area (Å²) in [5.74, 6) is 3.12. The zero-order chi connectivity index (χ0) is 20.9. The number of likely N-dealkylation sites (tertiary alicyclic amines) is 1. The molecule has 0 aliphatic carbocycles. The fourth-order valence-corrected chi connectivity index (χ4v) is 4.66. The molecule has 31 heavy (non-hydrogen) atoms. The van der Waals surface area contributed by atoms with Crippen LogP contribution in [0.25, 0.3) is 11.3 Å². The molecule has 0 bridgehead atoms. The summed E-state index contributed by atoms with van der Waals surface area (Å²) in [6.45, 7) is 3.89. The van der Waals surface area contributed by atoms with Gasteiger partial charge >= 0.3 is 0 Å². The van der Waals surface area contributed by atoms with Crippen LogP contribution in [0.3, 0.4) is 0 Å². The quantitative estimate of drug-likeness (QED) is 0.371. The maximum atomic E-state index is 5.97. The Labute approximate surface area is 186 Å². The molecule has 0 unspecified atom stereocenters. The highest BCUT2D eigenvalue weighted by Crippen LogP contribution is 2.26. The Bertz CT molecular complexity index is 1100. The van der Waals surface area contributed by atoms with Gasteiger partial charge in [-0.05, 0) is 31.5 Å². The molecule has 7 heteroatoms. The topological polar surface area (TPSA) is 60.0 Å². The van der Waals surface area contributed by atoms with Crippen LogP contribution in [0, 0.1) is 0 Å². The molecule has 0 atom stereocenters. The van der Waals surface area contributed by atoms with Crippen molar-refractivity contribution in [1.82, 2.24) is 24.6 Å². The first kappa shape index (κ1) is 20.0. The van der Waals surface area contributed by atoms with E-state index in [9.17, 15) is 0 Å². The molecule has 1 saturated heterocycles. The van der Waals surface area contributed by atoms with Crippen LogP contribution in [0.5, 0.6) is 0 Å². The molecule has 0 N–H and O–H groups in total. The van der Waals surface area contributed by atoms with Crippen LogP contribution in [-0.4, -0.2) is 37.7 Å². The first-order valence-corrected chi connectivity index (χ1v) is 11.6. The second kappa shape index (κ2) is 9.49. The third kappa shape index (κ3) is 4.89. The number of benzene rings is 2. The van der Waals surface area contributed by atoms with Crippen molar-refractivity contribution in [3.05, 3.63) is 84.1 Å². The summed E-state index contributed by atoms with van der Waals surface area (Å²) in [5, 5.41) is 9.96. The van der Waals surface area contributed by atoms with Gasteiger partial charge < -0.3 is 8.98 Å². The molecule has 6 nitrogen and oxygen atoms in total. The summed E-state index contributed by atoms with van der Waals surface area (Å²) < 4.78 is 8.20. The second-order valence-electron chi connectivity index (χ2n) is 7.73. The predicted molar refractivity (Wildman–Crippen MR) is 122 cm³/mol. The Balaban J connectivity index is 1.33. The van der Waals surface area contributed by atoms with E-state index in [1.807, 2.05) is 36.4 Å². The lowest BCUT2D eigenvalue weighted by Crippen LogP contribution is -2.21. The minimum absolute atomic E-state index is 0.615. The molecule has 3 heterocycles. The van der Waals surface area contributed by atoms with Gasteiger partial charge in [0.25, 0.3) is 0 Å². The molecule has 0 saturated carbocycles. The number of aromatic nitrogens is 4. The summed E-state index contributed by atoms with van der Waals surface area (Å²) >= 11 is 1.62. The van der Waals surface area contributed by atoms with Gasteiger partial charge in [0.05, 0.1) is 25.0 Å². The van der Waals surface area contributed by atoms with Crippen molar-refractivity contribution >= 4 is 11.8 Å². The Kier molecular flexibility index (Phi) is 6.13. The number of oxazole rings is 1.